The molecule has 1 atom stereocenters. The Balaban J connectivity index is 2.35. The van der Waals surface area contributed by atoms with E-state index in [1.54, 1.807) is 32.0 Å². The maximum atomic E-state index is 12.6. The summed E-state index contributed by atoms with van der Waals surface area (Å²) < 4.78 is 50.7. The number of nitrogens with two attached hydrogens (primary N) is 1. The minimum absolute atomic E-state index is 0.0576. The molecule has 0 bridgehead atoms. The first-order chi connectivity index (χ1) is 11.0. The summed E-state index contributed by atoms with van der Waals surface area (Å²) in [7, 11) is -7.58. The predicted octanol–water partition coefficient (Wildman–Crippen LogP) is 1.99. The average molecular weight is 368 g/mol. The molecule has 2 aromatic rings. The highest BCUT2D eigenvalue weighted by Crippen LogP contribution is 2.22. The van der Waals surface area contributed by atoms with Crippen molar-refractivity contribution in [3.8, 4) is 0 Å². The molecule has 1 unspecified atom stereocenters. The lowest BCUT2D eigenvalue weighted by molar-refractivity contribution is 0.566. The lowest BCUT2D eigenvalue weighted by Gasteiger charge is -2.17. The van der Waals surface area contributed by atoms with Gasteiger partial charge in [0.1, 0.15) is 0 Å². The SMILES string of the molecule is Cc1ccc(C)c(S(=O)(=O)NC(C)c2cccc(S(N)(=O)=O)c2)c1. The summed E-state index contributed by atoms with van der Waals surface area (Å²) >= 11 is 0. The first-order valence-electron chi connectivity index (χ1n) is 7.23. The van der Waals surface area contributed by atoms with Crippen molar-refractivity contribution >= 4 is 20.0 Å². The van der Waals surface area contributed by atoms with Gasteiger partial charge in [0.05, 0.1) is 9.79 Å². The van der Waals surface area contributed by atoms with Crippen molar-refractivity contribution < 1.29 is 16.8 Å². The molecule has 0 spiro atoms. The number of nitrogens with one attached hydrogen (secondary N) is 1. The van der Waals surface area contributed by atoms with E-state index in [9.17, 15) is 16.8 Å². The van der Waals surface area contributed by atoms with Crippen LogP contribution in [0, 0.1) is 13.8 Å². The Bertz CT molecular complexity index is 967. The summed E-state index contributed by atoms with van der Waals surface area (Å²) in [5.74, 6) is 0. The molecule has 0 aliphatic rings. The Labute approximate surface area is 142 Å². The van der Waals surface area contributed by atoms with Gasteiger partial charge in [0, 0.05) is 6.04 Å². The quantitative estimate of drug-likeness (QED) is 0.841. The van der Waals surface area contributed by atoms with E-state index in [-0.39, 0.29) is 9.79 Å². The Morgan fingerprint density at radius 1 is 1.00 bits per heavy atom. The van der Waals surface area contributed by atoms with Crippen LogP contribution in [0.4, 0.5) is 0 Å². The molecule has 24 heavy (non-hydrogen) atoms. The largest absolute Gasteiger partial charge is 0.241 e. The fourth-order valence-corrected chi connectivity index (χ4v) is 4.45. The number of benzene rings is 2. The molecule has 0 amide bonds. The van der Waals surface area contributed by atoms with Crippen LogP contribution in [0.25, 0.3) is 0 Å². The summed E-state index contributed by atoms with van der Waals surface area (Å²) in [5.41, 5.74) is 1.99. The maximum Gasteiger partial charge on any atom is 0.241 e. The van der Waals surface area contributed by atoms with Gasteiger partial charge in [0.25, 0.3) is 0 Å². The molecule has 6 nitrogen and oxygen atoms in total. The zero-order valence-electron chi connectivity index (χ0n) is 13.6. The van der Waals surface area contributed by atoms with Crippen LogP contribution in [0.2, 0.25) is 0 Å². The van der Waals surface area contributed by atoms with Crippen LogP contribution < -0.4 is 9.86 Å². The highest BCUT2D eigenvalue weighted by molar-refractivity contribution is 7.89. The van der Waals surface area contributed by atoms with Crippen molar-refractivity contribution in [1.29, 1.82) is 0 Å². The van der Waals surface area contributed by atoms with Gasteiger partial charge in [-0.25, -0.2) is 26.7 Å². The van der Waals surface area contributed by atoms with Gasteiger partial charge in [0.2, 0.25) is 20.0 Å². The van der Waals surface area contributed by atoms with Crippen LogP contribution in [0.15, 0.2) is 52.3 Å². The summed E-state index contributed by atoms with van der Waals surface area (Å²) in [5, 5.41) is 5.11. The molecular weight excluding hydrogens is 348 g/mol. The number of aryl methyl sites for hydroxylation is 2. The molecule has 2 rings (SSSR count). The van der Waals surface area contributed by atoms with Gasteiger partial charge in [-0.15, -0.1) is 0 Å². The van der Waals surface area contributed by atoms with Gasteiger partial charge in [-0.3, -0.25) is 0 Å². The standard InChI is InChI=1S/C16H20N2O4S2/c1-11-7-8-12(2)16(9-11)24(21,22)18-13(3)14-5-4-6-15(10-14)23(17,19)20/h4-10,13,18H,1-3H3,(H2,17,19,20). The second-order valence-electron chi connectivity index (χ2n) is 5.73. The molecule has 0 radical (unpaired) electrons. The molecule has 0 heterocycles. The Kier molecular flexibility index (Phi) is 5.14. The molecule has 0 aliphatic heterocycles. The third-order valence-electron chi connectivity index (χ3n) is 3.65. The average Bonchev–Trinajstić information content (AvgIpc) is 2.48. The molecular formula is C16H20N2O4S2. The van der Waals surface area contributed by atoms with Gasteiger partial charge in [-0.2, -0.15) is 0 Å². The van der Waals surface area contributed by atoms with Crippen molar-refractivity contribution in [3.05, 3.63) is 59.2 Å². The minimum atomic E-state index is -3.84. The Hall–Kier alpha value is -1.74. The van der Waals surface area contributed by atoms with E-state index < -0.39 is 26.1 Å². The fraction of sp³-hybridized carbons (Fsp3) is 0.250. The lowest BCUT2D eigenvalue weighted by atomic mass is 10.1. The number of sulfonamides is 2. The van der Waals surface area contributed by atoms with E-state index in [1.807, 2.05) is 13.0 Å². The van der Waals surface area contributed by atoms with E-state index in [0.717, 1.165) is 5.56 Å². The van der Waals surface area contributed by atoms with E-state index in [1.165, 1.54) is 18.2 Å². The Morgan fingerprint density at radius 3 is 2.29 bits per heavy atom. The van der Waals surface area contributed by atoms with Crippen molar-refractivity contribution in [1.82, 2.24) is 4.72 Å². The maximum absolute atomic E-state index is 12.6. The van der Waals surface area contributed by atoms with Crippen LogP contribution in [0.3, 0.4) is 0 Å². The third kappa shape index (κ3) is 4.21. The molecule has 130 valence electrons. The van der Waals surface area contributed by atoms with Crippen molar-refractivity contribution in [3.63, 3.8) is 0 Å². The molecule has 2 aromatic carbocycles. The highest BCUT2D eigenvalue weighted by Gasteiger charge is 2.21. The number of hydrogen-bond acceptors (Lipinski definition) is 4. The van der Waals surface area contributed by atoms with Gasteiger partial charge in [-0.1, -0.05) is 24.3 Å². The molecule has 0 aromatic heterocycles. The van der Waals surface area contributed by atoms with Gasteiger partial charge in [-0.05, 0) is 55.7 Å². The normalized spacial score (nSPS) is 13.7. The van der Waals surface area contributed by atoms with Gasteiger partial charge >= 0.3 is 0 Å². The molecule has 0 saturated carbocycles. The first kappa shape index (κ1) is 18.6. The highest BCUT2D eigenvalue weighted by atomic mass is 32.2. The van der Waals surface area contributed by atoms with Crippen LogP contribution in [0.1, 0.15) is 29.7 Å². The third-order valence-corrected chi connectivity index (χ3v) is 6.25. The van der Waals surface area contributed by atoms with Crippen LogP contribution in [-0.4, -0.2) is 16.8 Å². The fourth-order valence-electron chi connectivity index (χ4n) is 2.32. The summed E-state index contributed by atoms with van der Waals surface area (Å²) in [6, 6.07) is 10.5. The second-order valence-corrected chi connectivity index (χ2v) is 8.97. The summed E-state index contributed by atoms with van der Waals surface area (Å²) in [6.07, 6.45) is 0. The number of primary sulfonamides is 1. The minimum Gasteiger partial charge on any atom is -0.225 e. The number of rotatable bonds is 5. The summed E-state index contributed by atoms with van der Waals surface area (Å²) in [4.78, 5) is 0.148. The van der Waals surface area contributed by atoms with Gasteiger partial charge in [0.15, 0.2) is 0 Å². The van der Waals surface area contributed by atoms with E-state index in [0.29, 0.717) is 11.1 Å². The van der Waals surface area contributed by atoms with E-state index in [2.05, 4.69) is 4.72 Å². The predicted molar refractivity (Wildman–Crippen MR) is 92.5 cm³/mol. The van der Waals surface area contributed by atoms with Crippen molar-refractivity contribution in [2.45, 2.75) is 36.6 Å². The molecule has 0 fully saturated rings. The molecule has 8 heteroatoms. The van der Waals surface area contributed by atoms with E-state index >= 15 is 0 Å². The number of hydrogen-bond donors (Lipinski definition) is 2. The lowest BCUT2D eigenvalue weighted by Crippen LogP contribution is -2.27. The smallest absolute Gasteiger partial charge is 0.225 e. The van der Waals surface area contributed by atoms with Crippen LogP contribution >= 0.6 is 0 Å². The molecule has 0 saturated heterocycles. The zero-order valence-corrected chi connectivity index (χ0v) is 15.3. The topological polar surface area (TPSA) is 106 Å². The van der Waals surface area contributed by atoms with Crippen molar-refractivity contribution in [2.75, 3.05) is 0 Å². The molecule has 0 aliphatic carbocycles. The first-order valence-corrected chi connectivity index (χ1v) is 10.3. The van der Waals surface area contributed by atoms with Crippen LogP contribution in [0.5, 0.6) is 0 Å². The Morgan fingerprint density at radius 2 is 1.67 bits per heavy atom. The van der Waals surface area contributed by atoms with Crippen LogP contribution in [-0.2, 0) is 20.0 Å². The monoisotopic (exact) mass is 368 g/mol. The molecule has 3 N–H and O–H groups in total. The second kappa shape index (κ2) is 6.64. The van der Waals surface area contributed by atoms with Crippen molar-refractivity contribution in [2.24, 2.45) is 5.14 Å². The van der Waals surface area contributed by atoms with Gasteiger partial charge < -0.3 is 0 Å². The zero-order chi connectivity index (χ0) is 18.1. The summed E-state index contributed by atoms with van der Waals surface area (Å²) in [6.45, 7) is 5.18. The van der Waals surface area contributed by atoms with E-state index in [4.69, 9.17) is 5.14 Å².